The number of hydrogen-bond acceptors (Lipinski definition) is 3. The molecule has 1 fully saturated rings. The summed E-state index contributed by atoms with van der Waals surface area (Å²) < 4.78 is 21.0. The summed E-state index contributed by atoms with van der Waals surface area (Å²) in [5.74, 6) is -0.487. The van der Waals surface area contributed by atoms with Crippen LogP contribution < -0.4 is 5.76 Å². The molecule has 1 saturated heterocycles. The van der Waals surface area contributed by atoms with Crippen LogP contribution in [-0.4, -0.2) is 22.6 Å². The van der Waals surface area contributed by atoms with Crippen LogP contribution in [0.4, 0.5) is 4.39 Å². The number of halogens is 1. The van der Waals surface area contributed by atoms with E-state index in [1.54, 1.807) is 10.6 Å². The summed E-state index contributed by atoms with van der Waals surface area (Å²) in [5.41, 5.74) is 2.15. The number of fused-ring (bicyclic) bond motifs is 1. The molecule has 0 aliphatic carbocycles. The smallest absolute Gasteiger partial charge is 0.408 e. The first-order valence-electron chi connectivity index (χ1n) is 8.28. The average molecular weight is 326 g/mol. The maximum atomic E-state index is 13.9. The van der Waals surface area contributed by atoms with Gasteiger partial charge in [-0.3, -0.25) is 9.47 Å². The summed E-state index contributed by atoms with van der Waals surface area (Å²) in [7, 11) is 0. The minimum atomic E-state index is -0.311. The van der Waals surface area contributed by atoms with E-state index < -0.39 is 0 Å². The Labute approximate surface area is 139 Å². The lowest BCUT2D eigenvalue weighted by molar-refractivity contribution is 0.166. The topological polar surface area (TPSA) is 38.4 Å². The van der Waals surface area contributed by atoms with Crippen LogP contribution in [0.15, 0.2) is 57.7 Å². The Morgan fingerprint density at radius 3 is 2.79 bits per heavy atom. The molecule has 2 heterocycles. The molecule has 1 aliphatic heterocycles. The monoisotopic (exact) mass is 326 g/mol. The Hall–Kier alpha value is -2.40. The van der Waals surface area contributed by atoms with Crippen LogP contribution in [0, 0.1) is 5.82 Å². The maximum Gasteiger partial charge on any atom is 0.420 e. The van der Waals surface area contributed by atoms with Crippen molar-refractivity contribution in [1.82, 2.24) is 9.47 Å². The molecule has 4 rings (SSSR count). The second-order valence-electron chi connectivity index (χ2n) is 6.33. The second kappa shape index (κ2) is 6.24. The highest BCUT2D eigenvalue weighted by molar-refractivity contribution is 5.72. The van der Waals surface area contributed by atoms with Gasteiger partial charge in [0.15, 0.2) is 5.58 Å². The SMILES string of the molecule is O=c1oc2ccccc2n1[C@@H]1CCCN(Cc2ccccc2F)C1. The van der Waals surface area contributed by atoms with E-state index in [0.717, 1.165) is 31.4 Å². The number of rotatable bonds is 3. The minimum Gasteiger partial charge on any atom is -0.408 e. The first kappa shape index (κ1) is 15.1. The summed E-state index contributed by atoms with van der Waals surface area (Å²) in [6.07, 6.45) is 1.91. The summed E-state index contributed by atoms with van der Waals surface area (Å²) >= 11 is 0. The molecular formula is C19H19FN2O2. The van der Waals surface area contributed by atoms with E-state index in [1.165, 1.54) is 6.07 Å². The number of nitrogens with zero attached hydrogens (tertiary/aromatic N) is 2. The van der Waals surface area contributed by atoms with Crippen LogP contribution in [0.25, 0.3) is 11.1 Å². The molecule has 24 heavy (non-hydrogen) atoms. The van der Waals surface area contributed by atoms with Crippen molar-refractivity contribution in [2.24, 2.45) is 0 Å². The predicted octanol–water partition coefficient (Wildman–Crippen LogP) is 3.57. The summed E-state index contributed by atoms with van der Waals surface area (Å²) in [6.45, 7) is 2.20. The van der Waals surface area contributed by atoms with Crippen molar-refractivity contribution in [2.45, 2.75) is 25.4 Å². The van der Waals surface area contributed by atoms with Crippen molar-refractivity contribution in [3.63, 3.8) is 0 Å². The molecule has 0 amide bonds. The molecule has 3 aromatic rings. The molecule has 1 atom stereocenters. The van der Waals surface area contributed by atoms with Gasteiger partial charge in [-0.05, 0) is 37.6 Å². The van der Waals surface area contributed by atoms with Gasteiger partial charge in [0.05, 0.1) is 11.6 Å². The molecule has 1 aliphatic rings. The molecule has 0 N–H and O–H groups in total. The van der Waals surface area contributed by atoms with Gasteiger partial charge in [-0.25, -0.2) is 9.18 Å². The zero-order valence-electron chi connectivity index (χ0n) is 13.3. The van der Waals surface area contributed by atoms with Gasteiger partial charge in [-0.15, -0.1) is 0 Å². The molecule has 0 unspecified atom stereocenters. The fourth-order valence-corrected chi connectivity index (χ4v) is 3.58. The number of aromatic nitrogens is 1. The first-order valence-corrected chi connectivity index (χ1v) is 8.28. The Balaban J connectivity index is 1.60. The van der Waals surface area contributed by atoms with Crippen molar-refractivity contribution < 1.29 is 8.81 Å². The van der Waals surface area contributed by atoms with E-state index in [1.807, 2.05) is 36.4 Å². The zero-order valence-corrected chi connectivity index (χ0v) is 13.3. The Morgan fingerprint density at radius 1 is 1.12 bits per heavy atom. The van der Waals surface area contributed by atoms with E-state index in [-0.39, 0.29) is 17.6 Å². The molecule has 1 aromatic heterocycles. The second-order valence-corrected chi connectivity index (χ2v) is 6.33. The Kier molecular flexibility index (Phi) is 3.94. The number of para-hydroxylation sites is 2. The molecule has 0 spiro atoms. The number of likely N-dealkylation sites (tertiary alicyclic amines) is 1. The van der Waals surface area contributed by atoms with Crippen molar-refractivity contribution in [1.29, 1.82) is 0 Å². The highest BCUT2D eigenvalue weighted by Gasteiger charge is 2.25. The summed E-state index contributed by atoms with van der Waals surface area (Å²) in [6, 6.07) is 14.4. The largest absolute Gasteiger partial charge is 0.420 e. The lowest BCUT2D eigenvalue weighted by Crippen LogP contribution is -2.38. The first-order chi connectivity index (χ1) is 11.7. The molecular weight excluding hydrogens is 307 g/mol. The molecule has 0 radical (unpaired) electrons. The third-order valence-electron chi connectivity index (χ3n) is 4.72. The third-order valence-corrected chi connectivity index (χ3v) is 4.72. The molecule has 124 valence electrons. The van der Waals surface area contributed by atoms with Gasteiger partial charge in [-0.1, -0.05) is 30.3 Å². The number of oxazole rings is 1. The van der Waals surface area contributed by atoms with Gasteiger partial charge in [0.2, 0.25) is 0 Å². The highest BCUT2D eigenvalue weighted by atomic mass is 19.1. The number of hydrogen-bond donors (Lipinski definition) is 0. The van der Waals surface area contributed by atoms with Crippen LogP contribution >= 0.6 is 0 Å². The molecule has 4 nitrogen and oxygen atoms in total. The van der Waals surface area contributed by atoms with Gasteiger partial charge in [0, 0.05) is 18.7 Å². The van der Waals surface area contributed by atoms with Crippen molar-refractivity contribution in [3.8, 4) is 0 Å². The predicted molar refractivity (Wildman–Crippen MR) is 90.4 cm³/mol. The van der Waals surface area contributed by atoms with E-state index in [4.69, 9.17) is 4.42 Å². The molecule has 5 heteroatoms. The molecule has 0 saturated carbocycles. The van der Waals surface area contributed by atoms with E-state index >= 15 is 0 Å². The van der Waals surface area contributed by atoms with E-state index in [2.05, 4.69) is 4.90 Å². The van der Waals surface area contributed by atoms with Gasteiger partial charge in [0.1, 0.15) is 5.82 Å². The maximum absolute atomic E-state index is 13.9. The molecule has 0 bridgehead atoms. The average Bonchev–Trinajstić information content (AvgIpc) is 2.93. The lowest BCUT2D eigenvalue weighted by Gasteiger charge is -2.33. The quantitative estimate of drug-likeness (QED) is 0.738. The number of benzene rings is 2. The van der Waals surface area contributed by atoms with Crippen LogP contribution in [0.2, 0.25) is 0 Å². The highest BCUT2D eigenvalue weighted by Crippen LogP contribution is 2.26. The fraction of sp³-hybridized carbons (Fsp3) is 0.316. The van der Waals surface area contributed by atoms with Crippen LogP contribution in [-0.2, 0) is 6.54 Å². The van der Waals surface area contributed by atoms with Crippen molar-refractivity contribution >= 4 is 11.1 Å². The molecule has 2 aromatic carbocycles. The summed E-state index contributed by atoms with van der Waals surface area (Å²) in [5, 5.41) is 0. The van der Waals surface area contributed by atoms with Crippen LogP contribution in [0.1, 0.15) is 24.4 Å². The minimum absolute atomic E-state index is 0.0571. The van der Waals surface area contributed by atoms with E-state index in [0.29, 0.717) is 17.7 Å². The number of piperidine rings is 1. The van der Waals surface area contributed by atoms with E-state index in [9.17, 15) is 9.18 Å². The van der Waals surface area contributed by atoms with Gasteiger partial charge in [-0.2, -0.15) is 0 Å². The van der Waals surface area contributed by atoms with Crippen molar-refractivity contribution in [3.05, 3.63) is 70.5 Å². The normalized spacial score (nSPS) is 19.0. The van der Waals surface area contributed by atoms with Crippen LogP contribution in [0.5, 0.6) is 0 Å². The van der Waals surface area contributed by atoms with Gasteiger partial charge >= 0.3 is 5.76 Å². The Morgan fingerprint density at radius 2 is 1.92 bits per heavy atom. The zero-order chi connectivity index (χ0) is 16.5. The fourth-order valence-electron chi connectivity index (χ4n) is 3.58. The van der Waals surface area contributed by atoms with Gasteiger partial charge in [0.25, 0.3) is 0 Å². The third kappa shape index (κ3) is 2.76. The summed E-state index contributed by atoms with van der Waals surface area (Å²) in [4.78, 5) is 14.5. The standard InChI is InChI=1S/C19H19FN2O2/c20-16-8-2-1-6-14(16)12-21-11-5-7-15(13-21)22-17-9-3-4-10-18(17)24-19(22)23/h1-4,6,8-10,15H,5,7,11-13H2/t15-/m1/s1. The van der Waals surface area contributed by atoms with Crippen molar-refractivity contribution in [2.75, 3.05) is 13.1 Å². The van der Waals surface area contributed by atoms with Gasteiger partial charge < -0.3 is 4.42 Å². The van der Waals surface area contributed by atoms with Crippen LogP contribution in [0.3, 0.4) is 0 Å². The lowest BCUT2D eigenvalue weighted by atomic mass is 10.0. The Bertz CT molecular complexity index is 915.